The fourth-order valence-electron chi connectivity index (χ4n) is 4.15. The average Bonchev–Trinajstić information content (AvgIpc) is 3.50. The van der Waals surface area contributed by atoms with E-state index in [1.165, 1.54) is 13.2 Å². The maximum atomic E-state index is 14.6. The number of hydrogen-bond acceptors (Lipinski definition) is 9. The number of benzene rings is 1. The molecule has 2 saturated heterocycles. The Kier molecular flexibility index (Phi) is 7.13. The summed E-state index contributed by atoms with van der Waals surface area (Å²) in [6.45, 7) is 1.94. The van der Waals surface area contributed by atoms with Gasteiger partial charge < -0.3 is 38.5 Å². The first-order chi connectivity index (χ1) is 17.3. The number of aromatic nitrogens is 3. The van der Waals surface area contributed by atoms with E-state index >= 15 is 0 Å². The molecule has 1 aromatic carbocycles. The van der Waals surface area contributed by atoms with Gasteiger partial charge in [-0.05, 0) is 13.0 Å². The second-order valence-electron chi connectivity index (χ2n) is 8.55. The number of fused-ring (bicyclic) bond motifs is 2. The summed E-state index contributed by atoms with van der Waals surface area (Å²) in [5.74, 6) is -1.68. The number of aliphatic hydroxyl groups excluding tert-OH is 1. The van der Waals surface area contributed by atoms with E-state index in [-0.39, 0.29) is 59.8 Å². The summed E-state index contributed by atoms with van der Waals surface area (Å²) in [7, 11) is 1.50. The standard InChI is InChI=1S/C23H24ClF2N3O7/c1-10(6-31-2)35-11-3-14(25)12(15(26)4-11)7-34-22-13(24)5-16-21(28-22)29-23(27-16)36-18-9-33-19-17(30)8-32-20(18)19/h3-5,10,17-20,30H,6-9H2,1-2H3,(H,27,28,29)/t10-,17+,18+,19?,20?/m0/s1. The molecule has 36 heavy (non-hydrogen) atoms. The minimum atomic E-state index is -0.835. The number of pyridine rings is 1. The lowest BCUT2D eigenvalue weighted by Crippen LogP contribution is -2.34. The molecule has 0 radical (unpaired) electrons. The lowest BCUT2D eigenvalue weighted by molar-refractivity contribution is 0.00706. The predicted octanol–water partition coefficient (Wildman–Crippen LogP) is 2.79. The Bertz CT molecular complexity index is 1220. The van der Waals surface area contributed by atoms with E-state index in [1.807, 2.05) is 0 Å². The van der Waals surface area contributed by atoms with Gasteiger partial charge in [-0.1, -0.05) is 11.6 Å². The number of nitrogens with one attached hydrogen (secondary N) is 1. The zero-order valence-corrected chi connectivity index (χ0v) is 20.1. The summed E-state index contributed by atoms with van der Waals surface area (Å²) < 4.78 is 62.0. The van der Waals surface area contributed by atoms with Gasteiger partial charge in [0.05, 0.1) is 30.9 Å². The number of halogens is 3. The third-order valence-corrected chi connectivity index (χ3v) is 6.09. The molecule has 194 valence electrons. The Labute approximate surface area is 209 Å². The second kappa shape index (κ2) is 10.3. The predicted molar refractivity (Wildman–Crippen MR) is 121 cm³/mol. The molecule has 4 heterocycles. The van der Waals surface area contributed by atoms with Crippen LogP contribution in [0.2, 0.25) is 5.02 Å². The van der Waals surface area contributed by atoms with Crippen molar-refractivity contribution < 1.29 is 42.3 Å². The van der Waals surface area contributed by atoms with Crippen molar-refractivity contribution >= 4 is 22.8 Å². The molecule has 5 rings (SSSR count). The first kappa shape index (κ1) is 24.9. The Hall–Kier alpha value is -2.77. The van der Waals surface area contributed by atoms with E-state index in [2.05, 4.69) is 15.0 Å². The highest BCUT2D eigenvalue weighted by molar-refractivity contribution is 6.32. The van der Waals surface area contributed by atoms with Gasteiger partial charge in [0, 0.05) is 19.2 Å². The monoisotopic (exact) mass is 527 g/mol. The molecular weight excluding hydrogens is 504 g/mol. The summed E-state index contributed by atoms with van der Waals surface area (Å²) in [6.07, 6.45) is -2.39. The molecule has 3 aromatic rings. The Morgan fingerprint density at radius 2 is 1.92 bits per heavy atom. The number of nitrogens with zero attached hydrogens (tertiary/aromatic N) is 2. The second-order valence-corrected chi connectivity index (χ2v) is 8.95. The van der Waals surface area contributed by atoms with Crippen molar-refractivity contribution in [2.45, 2.75) is 44.1 Å². The Morgan fingerprint density at radius 1 is 1.17 bits per heavy atom. The Balaban J connectivity index is 1.27. The van der Waals surface area contributed by atoms with Crippen LogP contribution in [0.5, 0.6) is 17.6 Å². The molecule has 2 aromatic heterocycles. The molecular formula is C23H24ClF2N3O7. The van der Waals surface area contributed by atoms with E-state index < -0.39 is 42.7 Å². The molecule has 10 nitrogen and oxygen atoms in total. The maximum absolute atomic E-state index is 14.6. The molecule has 0 aliphatic carbocycles. The molecule has 5 atom stereocenters. The van der Waals surface area contributed by atoms with Crippen LogP contribution < -0.4 is 14.2 Å². The van der Waals surface area contributed by atoms with E-state index in [0.29, 0.717) is 5.52 Å². The van der Waals surface area contributed by atoms with Gasteiger partial charge in [0.2, 0.25) is 5.88 Å². The topological polar surface area (TPSA) is 117 Å². The van der Waals surface area contributed by atoms with Crippen LogP contribution in [0.15, 0.2) is 18.2 Å². The van der Waals surface area contributed by atoms with E-state index in [1.54, 1.807) is 6.92 Å². The lowest BCUT2D eigenvalue weighted by Gasteiger charge is -2.15. The summed E-state index contributed by atoms with van der Waals surface area (Å²) in [4.78, 5) is 11.5. The van der Waals surface area contributed by atoms with Crippen molar-refractivity contribution in [1.82, 2.24) is 15.0 Å². The largest absolute Gasteiger partial charge is 0.488 e. The highest BCUT2D eigenvalue weighted by atomic mass is 35.5. The summed E-state index contributed by atoms with van der Waals surface area (Å²) in [5.41, 5.74) is 0.388. The molecule has 13 heteroatoms. The van der Waals surface area contributed by atoms with Crippen LogP contribution in [-0.2, 0) is 20.8 Å². The Morgan fingerprint density at radius 3 is 2.67 bits per heavy atom. The van der Waals surface area contributed by atoms with Crippen molar-refractivity contribution in [3.05, 3.63) is 40.4 Å². The van der Waals surface area contributed by atoms with Crippen molar-refractivity contribution in [1.29, 1.82) is 0 Å². The van der Waals surface area contributed by atoms with Crippen molar-refractivity contribution in [2.75, 3.05) is 26.9 Å². The van der Waals surface area contributed by atoms with E-state index in [0.717, 1.165) is 12.1 Å². The number of aliphatic hydroxyl groups is 1. The lowest BCUT2D eigenvalue weighted by atomic mass is 10.1. The first-order valence-corrected chi connectivity index (χ1v) is 11.6. The molecule has 2 unspecified atom stereocenters. The smallest absolute Gasteiger partial charge is 0.296 e. The van der Waals surface area contributed by atoms with Crippen LogP contribution in [0, 0.1) is 11.6 Å². The molecule has 2 fully saturated rings. The summed E-state index contributed by atoms with van der Waals surface area (Å²) in [5, 5.41) is 9.98. The normalized spacial score (nSPS) is 24.2. The zero-order valence-electron chi connectivity index (χ0n) is 19.4. The maximum Gasteiger partial charge on any atom is 0.296 e. The molecule has 0 spiro atoms. The number of aromatic amines is 1. The quantitative estimate of drug-likeness (QED) is 0.433. The number of hydrogen-bond donors (Lipinski definition) is 2. The molecule has 0 saturated carbocycles. The zero-order chi connectivity index (χ0) is 25.4. The fraction of sp³-hybridized carbons (Fsp3) is 0.478. The number of imidazole rings is 1. The first-order valence-electron chi connectivity index (χ1n) is 11.2. The molecule has 0 amide bonds. The van der Waals surface area contributed by atoms with Crippen LogP contribution in [0.1, 0.15) is 12.5 Å². The number of rotatable bonds is 9. The average molecular weight is 528 g/mol. The minimum Gasteiger partial charge on any atom is -0.488 e. The summed E-state index contributed by atoms with van der Waals surface area (Å²) >= 11 is 6.27. The molecule has 0 bridgehead atoms. The molecule has 2 aliphatic heterocycles. The molecule has 2 aliphatic rings. The van der Waals surface area contributed by atoms with Gasteiger partial charge in [-0.15, -0.1) is 0 Å². The van der Waals surface area contributed by atoms with Crippen LogP contribution in [0.3, 0.4) is 0 Å². The van der Waals surface area contributed by atoms with Gasteiger partial charge in [-0.25, -0.2) is 8.78 Å². The van der Waals surface area contributed by atoms with Gasteiger partial charge in [0.1, 0.15) is 53.4 Å². The number of H-pyrrole nitrogens is 1. The van der Waals surface area contributed by atoms with Gasteiger partial charge in [0.15, 0.2) is 11.8 Å². The SMILES string of the molecule is COC[C@H](C)Oc1cc(F)c(COc2nc3nc(O[C@@H]4COC5C4OC[C@H]5O)[nH]c3cc2Cl)c(F)c1. The van der Waals surface area contributed by atoms with Crippen LogP contribution in [0.4, 0.5) is 8.78 Å². The third kappa shape index (κ3) is 5.04. The van der Waals surface area contributed by atoms with Gasteiger partial charge in [-0.2, -0.15) is 9.97 Å². The highest BCUT2D eigenvalue weighted by Crippen LogP contribution is 2.32. The third-order valence-electron chi connectivity index (χ3n) is 5.82. The van der Waals surface area contributed by atoms with E-state index in [9.17, 15) is 13.9 Å². The van der Waals surface area contributed by atoms with Crippen molar-refractivity contribution in [3.63, 3.8) is 0 Å². The van der Waals surface area contributed by atoms with Gasteiger partial charge in [0.25, 0.3) is 6.01 Å². The minimum absolute atomic E-state index is 0.0384. The number of ether oxygens (including phenoxy) is 6. The fourth-order valence-corrected chi connectivity index (χ4v) is 4.36. The van der Waals surface area contributed by atoms with Crippen LogP contribution in [0.25, 0.3) is 11.2 Å². The highest BCUT2D eigenvalue weighted by Gasteiger charge is 2.48. The van der Waals surface area contributed by atoms with Gasteiger partial charge in [-0.3, -0.25) is 0 Å². The van der Waals surface area contributed by atoms with Crippen LogP contribution >= 0.6 is 11.6 Å². The number of methoxy groups -OCH3 is 1. The molecule has 2 N–H and O–H groups in total. The van der Waals surface area contributed by atoms with Gasteiger partial charge >= 0.3 is 0 Å². The van der Waals surface area contributed by atoms with Crippen molar-refractivity contribution in [2.24, 2.45) is 0 Å². The van der Waals surface area contributed by atoms with Crippen molar-refractivity contribution in [3.8, 4) is 17.6 Å². The summed E-state index contributed by atoms with van der Waals surface area (Å²) in [6, 6.07) is 3.83. The van der Waals surface area contributed by atoms with Crippen LogP contribution in [-0.4, -0.2) is 77.5 Å². The van der Waals surface area contributed by atoms with E-state index in [4.69, 9.17) is 40.0 Å².